The quantitative estimate of drug-likeness (QED) is 0.842. The largest absolute Gasteiger partial charge is 0.416 e. The van der Waals surface area contributed by atoms with E-state index in [4.69, 9.17) is 0 Å². The first-order valence-corrected chi connectivity index (χ1v) is 8.97. The minimum atomic E-state index is -4.38. The molecule has 1 aliphatic rings. The third kappa shape index (κ3) is 4.56. The molecule has 2 aromatic rings. The summed E-state index contributed by atoms with van der Waals surface area (Å²) in [5.74, 6) is 0.0325. The van der Waals surface area contributed by atoms with Crippen LogP contribution >= 0.6 is 0 Å². The summed E-state index contributed by atoms with van der Waals surface area (Å²) in [6, 6.07) is 6.35. The molecule has 0 radical (unpaired) electrons. The van der Waals surface area contributed by atoms with E-state index in [0.717, 1.165) is 37.8 Å². The van der Waals surface area contributed by atoms with E-state index in [1.807, 2.05) is 4.90 Å². The van der Waals surface area contributed by atoms with Crippen LogP contribution in [0.15, 0.2) is 36.5 Å². The molecule has 1 aliphatic heterocycles. The van der Waals surface area contributed by atoms with Gasteiger partial charge in [0.2, 0.25) is 5.95 Å². The van der Waals surface area contributed by atoms with Gasteiger partial charge >= 0.3 is 6.18 Å². The third-order valence-corrected chi connectivity index (χ3v) is 4.70. The maximum atomic E-state index is 12.8. The van der Waals surface area contributed by atoms with Crippen molar-refractivity contribution in [3.8, 4) is 0 Å². The van der Waals surface area contributed by atoms with E-state index in [-0.39, 0.29) is 23.6 Å². The molecule has 1 N–H and O–H groups in total. The zero-order chi connectivity index (χ0) is 19.4. The van der Waals surface area contributed by atoms with Crippen LogP contribution in [-0.2, 0) is 6.18 Å². The van der Waals surface area contributed by atoms with Gasteiger partial charge in [0.15, 0.2) is 0 Å². The lowest BCUT2D eigenvalue weighted by molar-refractivity contribution is -0.137. The number of alkyl halides is 3. The number of hydrogen-bond acceptors (Lipinski definition) is 4. The van der Waals surface area contributed by atoms with Crippen LogP contribution in [0.4, 0.5) is 24.8 Å². The molecule has 0 bridgehead atoms. The lowest BCUT2D eigenvalue weighted by Gasteiger charge is -2.35. The van der Waals surface area contributed by atoms with Crippen molar-refractivity contribution in [3.63, 3.8) is 0 Å². The van der Waals surface area contributed by atoms with Crippen LogP contribution < -0.4 is 5.32 Å². The fraction of sp³-hybridized carbons (Fsp3) is 0.421. The van der Waals surface area contributed by atoms with Gasteiger partial charge in [-0.1, -0.05) is 6.92 Å². The fourth-order valence-electron chi connectivity index (χ4n) is 3.25. The van der Waals surface area contributed by atoms with Crippen LogP contribution in [0.3, 0.4) is 0 Å². The first kappa shape index (κ1) is 19.1. The fourth-order valence-corrected chi connectivity index (χ4v) is 3.25. The Kier molecular flexibility index (Phi) is 5.62. The number of aromatic nitrogens is 2. The number of likely N-dealkylation sites (tertiary alicyclic amines) is 1. The highest BCUT2D eigenvalue weighted by Crippen LogP contribution is 2.30. The van der Waals surface area contributed by atoms with Gasteiger partial charge in [0.1, 0.15) is 5.69 Å². The Labute approximate surface area is 155 Å². The van der Waals surface area contributed by atoms with Crippen LogP contribution in [0.5, 0.6) is 0 Å². The van der Waals surface area contributed by atoms with Crippen molar-refractivity contribution in [1.82, 2.24) is 14.9 Å². The lowest BCUT2D eigenvalue weighted by atomic mass is 9.99. The SMILES string of the molecule is CCC1CCCCN1C(=O)c1ccnc(Nc2ccc(C(F)(F)F)cc2)n1. The van der Waals surface area contributed by atoms with Crippen LogP contribution in [-0.4, -0.2) is 33.4 Å². The number of rotatable bonds is 4. The van der Waals surface area contributed by atoms with E-state index >= 15 is 0 Å². The van der Waals surface area contributed by atoms with Gasteiger partial charge in [-0.25, -0.2) is 9.97 Å². The van der Waals surface area contributed by atoms with Crippen LogP contribution in [0.1, 0.15) is 48.7 Å². The van der Waals surface area contributed by atoms with Crippen LogP contribution in [0, 0.1) is 0 Å². The Morgan fingerprint density at radius 2 is 1.96 bits per heavy atom. The highest BCUT2D eigenvalue weighted by atomic mass is 19.4. The highest BCUT2D eigenvalue weighted by Gasteiger charge is 2.30. The molecule has 1 amide bonds. The summed E-state index contributed by atoms with van der Waals surface area (Å²) in [7, 11) is 0. The van der Waals surface area contributed by atoms with Crippen LogP contribution in [0.25, 0.3) is 0 Å². The summed E-state index contributed by atoms with van der Waals surface area (Å²) >= 11 is 0. The van der Waals surface area contributed by atoms with Crippen molar-refractivity contribution in [2.45, 2.75) is 44.8 Å². The molecule has 0 aliphatic carbocycles. The Balaban J connectivity index is 1.74. The number of nitrogens with zero attached hydrogens (tertiary/aromatic N) is 3. The van der Waals surface area contributed by atoms with E-state index in [0.29, 0.717) is 12.2 Å². The summed E-state index contributed by atoms with van der Waals surface area (Å²) in [6.45, 7) is 2.77. The molecule has 2 heterocycles. The Bertz CT molecular complexity index is 792. The van der Waals surface area contributed by atoms with Crippen molar-refractivity contribution >= 4 is 17.5 Å². The number of halogens is 3. The number of amides is 1. The lowest BCUT2D eigenvalue weighted by Crippen LogP contribution is -2.43. The number of hydrogen-bond donors (Lipinski definition) is 1. The molecule has 1 aromatic carbocycles. The molecule has 3 rings (SSSR count). The third-order valence-electron chi connectivity index (χ3n) is 4.70. The van der Waals surface area contributed by atoms with Gasteiger partial charge in [0, 0.05) is 24.5 Å². The second kappa shape index (κ2) is 7.94. The summed E-state index contributed by atoms with van der Waals surface area (Å²) in [4.78, 5) is 23.0. The average molecular weight is 378 g/mol. The maximum Gasteiger partial charge on any atom is 0.416 e. The topological polar surface area (TPSA) is 58.1 Å². The van der Waals surface area contributed by atoms with Crippen molar-refractivity contribution < 1.29 is 18.0 Å². The van der Waals surface area contributed by atoms with Crippen molar-refractivity contribution in [3.05, 3.63) is 47.8 Å². The Morgan fingerprint density at radius 1 is 1.22 bits per heavy atom. The molecule has 144 valence electrons. The van der Waals surface area contributed by atoms with Crippen LogP contribution in [0.2, 0.25) is 0 Å². The number of carbonyl (C=O) groups excluding carboxylic acids is 1. The molecule has 1 unspecified atom stereocenters. The van der Waals surface area contributed by atoms with Gasteiger partial charge in [-0.15, -0.1) is 0 Å². The van der Waals surface area contributed by atoms with Gasteiger partial charge in [-0.3, -0.25) is 4.79 Å². The van der Waals surface area contributed by atoms with Crippen molar-refractivity contribution in [2.24, 2.45) is 0 Å². The first-order valence-electron chi connectivity index (χ1n) is 8.97. The second-order valence-corrected chi connectivity index (χ2v) is 6.52. The minimum absolute atomic E-state index is 0.139. The molecule has 8 heteroatoms. The molecule has 1 atom stereocenters. The van der Waals surface area contributed by atoms with Gasteiger partial charge in [-0.05, 0) is 56.0 Å². The van der Waals surface area contributed by atoms with E-state index in [2.05, 4.69) is 22.2 Å². The van der Waals surface area contributed by atoms with E-state index in [9.17, 15) is 18.0 Å². The maximum absolute atomic E-state index is 12.8. The Hall–Kier alpha value is -2.64. The highest BCUT2D eigenvalue weighted by molar-refractivity contribution is 5.92. The molecule has 0 saturated carbocycles. The molecular formula is C19H21F3N4O. The number of nitrogens with one attached hydrogen (secondary N) is 1. The van der Waals surface area contributed by atoms with Gasteiger partial charge in [-0.2, -0.15) is 13.2 Å². The summed E-state index contributed by atoms with van der Waals surface area (Å²) in [5, 5.41) is 2.85. The monoisotopic (exact) mass is 378 g/mol. The average Bonchev–Trinajstić information content (AvgIpc) is 2.67. The molecular weight excluding hydrogens is 357 g/mol. The van der Waals surface area contributed by atoms with Crippen molar-refractivity contribution in [2.75, 3.05) is 11.9 Å². The predicted molar refractivity (Wildman–Crippen MR) is 95.7 cm³/mol. The number of piperidine rings is 1. The zero-order valence-electron chi connectivity index (χ0n) is 15.0. The summed E-state index contributed by atoms with van der Waals surface area (Å²) in [6.07, 6.45) is 1.07. The molecule has 0 spiro atoms. The minimum Gasteiger partial charge on any atom is -0.334 e. The zero-order valence-corrected chi connectivity index (χ0v) is 15.0. The number of carbonyl (C=O) groups is 1. The van der Waals surface area contributed by atoms with E-state index in [1.165, 1.54) is 18.3 Å². The molecule has 5 nitrogen and oxygen atoms in total. The van der Waals surface area contributed by atoms with Gasteiger partial charge in [0.25, 0.3) is 5.91 Å². The molecule has 1 fully saturated rings. The normalized spacial score (nSPS) is 17.6. The molecule has 1 saturated heterocycles. The number of anilines is 2. The summed E-state index contributed by atoms with van der Waals surface area (Å²) < 4.78 is 37.9. The standard InChI is InChI=1S/C19H21F3N4O/c1-2-15-5-3-4-12-26(15)17(27)16-10-11-23-18(25-16)24-14-8-6-13(7-9-14)19(20,21)22/h6-11,15H,2-5,12H2,1H3,(H,23,24,25). The number of benzene rings is 1. The molecule has 1 aromatic heterocycles. The first-order chi connectivity index (χ1) is 12.9. The van der Waals surface area contributed by atoms with Gasteiger partial charge < -0.3 is 10.2 Å². The molecule has 27 heavy (non-hydrogen) atoms. The summed E-state index contributed by atoms with van der Waals surface area (Å²) in [5.41, 5.74) is -0.0367. The smallest absolute Gasteiger partial charge is 0.334 e. The van der Waals surface area contributed by atoms with E-state index in [1.54, 1.807) is 6.07 Å². The van der Waals surface area contributed by atoms with Crippen molar-refractivity contribution in [1.29, 1.82) is 0 Å². The Morgan fingerprint density at radius 3 is 2.63 bits per heavy atom. The van der Waals surface area contributed by atoms with Gasteiger partial charge in [0.05, 0.1) is 5.56 Å². The van der Waals surface area contributed by atoms with E-state index < -0.39 is 11.7 Å². The second-order valence-electron chi connectivity index (χ2n) is 6.52. The predicted octanol–water partition coefficient (Wildman–Crippen LogP) is 4.64.